The lowest BCUT2D eigenvalue weighted by atomic mass is 10.1. The Hall–Kier alpha value is -2.02. The zero-order valence-electron chi connectivity index (χ0n) is 14.7. The maximum Gasteiger partial charge on any atom is 0.252 e. The summed E-state index contributed by atoms with van der Waals surface area (Å²) in [5, 5.41) is 6.90. The Bertz CT molecular complexity index is 689. The molecule has 3 rings (SSSR count). The van der Waals surface area contributed by atoms with E-state index in [2.05, 4.69) is 20.4 Å². The van der Waals surface area contributed by atoms with Gasteiger partial charge in [-0.1, -0.05) is 5.16 Å². The first-order chi connectivity index (χ1) is 12.1. The molecule has 25 heavy (non-hydrogen) atoms. The van der Waals surface area contributed by atoms with Crippen molar-refractivity contribution in [3.8, 4) is 0 Å². The van der Waals surface area contributed by atoms with Gasteiger partial charge in [0, 0.05) is 42.9 Å². The fraction of sp³-hybridized carbons (Fsp3) is 0.500. The van der Waals surface area contributed by atoms with Crippen molar-refractivity contribution in [1.82, 2.24) is 15.5 Å². The number of rotatable bonds is 6. The number of thioether (sulfide) groups is 1. The van der Waals surface area contributed by atoms with Gasteiger partial charge in [-0.15, -0.1) is 0 Å². The fourth-order valence-corrected chi connectivity index (χ4v) is 3.83. The zero-order valence-corrected chi connectivity index (χ0v) is 15.6. The number of anilines is 1. The molecule has 1 aliphatic rings. The Kier molecular flexibility index (Phi) is 5.96. The molecular weight excluding hydrogens is 336 g/mol. The molecular formula is C18H24N4O2S. The normalized spacial score (nSPS) is 14.6. The number of amides is 1. The van der Waals surface area contributed by atoms with Crippen molar-refractivity contribution >= 4 is 23.5 Å². The lowest BCUT2D eigenvalue weighted by molar-refractivity contribution is 0.0953. The van der Waals surface area contributed by atoms with Crippen molar-refractivity contribution in [2.45, 2.75) is 26.7 Å². The Labute approximate surface area is 152 Å². The molecule has 2 aromatic heterocycles. The minimum absolute atomic E-state index is 0.0768. The molecule has 0 unspecified atom stereocenters. The standard InChI is InChI=1S/C18H24N4O2S/c1-13-16(14(2)24-21-13)4-3-7-19-18(23)15-5-6-17(20-12-15)22-8-10-25-11-9-22/h5-6,12H,3-4,7-11H2,1-2H3,(H,19,23). The van der Waals surface area contributed by atoms with Crippen LogP contribution in [0.4, 0.5) is 5.82 Å². The van der Waals surface area contributed by atoms with Crippen molar-refractivity contribution in [1.29, 1.82) is 0 Å². The van der Waals surface area contributed by atoms with Crippen LogP contribution in [0, 0.1) is 13.8 Å². The molecule has 0 aliphatic carbocycles. The van der Waals surface area contributed by atoms with Gasteiger partial charge in [0.2, 0.25) is 0 Å². The van der Waals surface area contributed by atoms with Gasteiger partial charge in [-0.3, -0.25) is 4.79 Å². The topological polar surface area (TPSA) is 71.3 Å². The van der Waals surface area contributed by atoms with E-state index in [1.165, 1.54) is 0 Å². The molecule has 3 heterocycles. The second-order valence-corrected chi connectivity index (χ2v) is 7.39. The molecule has 0 spiro atoms. The summed E-state index contributed by atoms with van der Waals surface area (Å²) in [6.07, 6.45) is 3.37. The Balaban J connectivity index is 1.46. The van der Waals surface area contributed by atoms with Crippen LogP contribution in [0.5, 0.6) is 0 Å². The molecule has 0 atom stereocenters. The molecule has 1 aliphatic heterocycles. The van der Waals surface area contributed by atoms with E-state index in [-0.39, 0.29) is 5.91 Å². The summed E-state index contributed by atoms with van der Waals surface area (Å²) in [6.45, 7) is 6.52. The number of carbonyl (C=O) groups excluding carboxylic acids is 1. The number of hydrogen-bond donors (Lipinski definition) is 1. The van der Waals surface area contributed by atoms with Crippen LogP contribution in [-0.2, 0) is 6.42 Å². The second-order valence-electron chi connectivity index (χ2n) is 6.17. The average molecular weight is 360 g/mol. The van der Waals surface area contributed by atoms with E-state index in [1.807, 2.05) is 37.7 Å². The summed E-state index contributed by atoms with van der Waals surface area (Å²) >= 11 is 1.97. The van der Waals surface area contributed by atoms with Crippen molar-refractivity contribution < 1.29 is 9.32 Å². The summed E-state index contributed by atoms with van der Waals surface area (Å²) in [6, 6.07) is 3.79. The molecule has 1 N–H and O–H groups in total. The van der Waals surface area contributed by atoms with E-state index in [4.69, 9.17) is 4.52 Å². The lowest BCUT2D eigenvalue weighted by Crippen LogP contribution is -2.33. The summed E-state index contributed by atoms with van der Waals surface area (Å²) in [5.74, 6) is 4.01. The lowest BCUT2D eigenvalue weighted by Gasteiger charge is -2.27. The SMILES string of the molecule is Cc1noc(C)c1CCCNC(=O)c1ccc(N2CCSCC2)nc1. The molecule has 2 aromatic rings. The number of aromatic nitrogens is 2. The van der Waals surface area contributed by atoms with Gasteiger partial charge in [0.05, 0.1) is 11.3 Å². The van der Waals surface area contributed by atoms with Crippen molar-refractivity contribution in [2.24, 2.45) is 0 Å². The highest BCUT2D eigenvalue weighted by atomic mass is 32.2. The van der Waals surface area contributed by atoms with Crippen LogP contribution in [0.3, 0.4) is 0 Å². The van der Waals surface area contributed by atoms with Crippen LogP contribution in [-0.4, -0.2) is 47.2 Å². The van der Waals surface area contributed by atoms with Gasteiger partial charge < -0.3 is 14.7 Å². The highest BCUT2D eigenvalue weighted by Gasteiger charge is 2.13. The van der Waals surface area contributed by atoms with E-state index in [9.17, 15) is 4.79 Å². The van der Waals surface area contributed by atoms with Crippen LogP contribution in [0.1, 0.15) is 33.8 Å². The zero-order chi connectivity index (χ0) is 17.6. The summed E-state index contributed by atoms with van der Waals surface area (Å²) in [5.41, 5.74) is 2.67. The van der Waals surface area contributed by atoms with E-state index in [0.717, 1.165) is 60.3 Å². The van der Waals surface area contributed by atoms with Crippen LogP contribution >= 0.6 is 11.8 Å². The Morgan fingerprint density at radius 3 is 2.76 bits per heavy atom. The number of hydrogen-bond acceptors (Lipinski definition) is 6. The molecule has 0 radical (unpaired) electrons. The smallest absolute Gasteiger partial charge is 0.252 e. The number of carbonyl (C=O) groups is 1. The van der Waals surface area contributed by atoms with Crippen LogP contribution < -0.4 is 10.2 Å². The van der Waals surface area contributed by atoms with E-state index in [1.54, 1.807) is 6.20 Å². The van der Waals surface area contributed by atoms with Gasteiger partial charge >= 0.3 is 0 Å². The first-order valence-corrected chi connectivity index (χ1v) is 9.79. The minimum atomic E-state index is -0.0768. The third-order valence-corrected chi connectivity index (χ3v) is 5.36. The van der Waals surface area contributed by atoms with Crippen molar-refractivity contribution in [2.75, 3.05) is 36.0 Å². The predicted molar refractivity (Wildman–Crippen MR) is 100 cm³/mol. The highest BCUT2D eigenvalue weighted by Crippen LogP contribution is 2.17. The quantitative estimate of drug-likeness (QED) is 0.799. The first kappa shape index (κ1) is 17.8. The molecule has 1 amide bonds. The maximum absolute atomic E-state index is 12.2. The largest absolute Gasteiger partial charge is 0.361 e. The number of aryl methyl sites for hydroxylation is 2. The average Bonchev–Trinajstić information content (AvgIpc) is 2.97. The highest BCUT2D eigenvalue weighted by molar-refractivity contribution is 7.99. The molecule has 1 saturated heterocycles. The third-order valence-electron chi connectivity index (χ3n) is 4.42. The predicted octanol–water partition coefficient (Wildman–Crippen LogP) is 2.60. The molecule has 0 aromatic carbocycles. The maximum atomic E-state index is 12.2. The monoisotopic (exact) mass is 360 g/mol. The van der Waals surface area contributed by atoms with Gasteiger partial charge in [-0.25, -0.2) is 4.98 Å². The second kappa shape index (κ2) is 8.38. The Morgan fingerprint density at radius 2 is 2.12 bits per heavy atom. The van der Waals surface area contributed by atoms with Gasteiger partial charge in [0.15, 0.2) is 0 Å². The van der Waals surface area contributed by atoms with Crippen LogP contribution in [0.15, 0.2) is 22.9 Å². The number of nitrogens with zero attached hydrogens (tertiary/aromatic N) is 3. The van der Waals surface area contributed by atoms with Gasteiger partial charge in [0.25, 0.3) is 5.91 Å². The van der Waals surface area contributed by atoms with Crippen molar-refractivity contribution in [3.63, 3.8) is 0 Å². The molecule has 6 nitrogen and oxygen atoms in total. The van der Waals surface area contributed by atoms with Gasteiger partial charge in [-0.2, -0.15) is 11.8 Å². The summed E-state index contributed by atoms with van der Waals surface area (Å²) in [7, 11) is 0. The number of pyridine rings is 1. The molecule has 134 valence electrons. The summed E-state index contributed by atoms with van der Waals surface area (Å²) < 4.78 is 5.15. The summed E-state index contributed by atoms with van der Waals surface area (Å²) in [4.78, 5) is 18.9. The number of nitrogens with one attached hydrogen (secondary N) is 1. The van der Waals surface area contributed by atoms with Crippen LogP contribution in [0.25, 0.3) is 0 Å². The molecule has 7 heteroatoms. The fourth-order valence-electron chi connectivity index (χ4n) is 2.93. The first-order valence-electron chi connectivity index (χ1n) is 8.64. The molecule has 0 saturated carbocycles. The van der Waals surface area contributed by atoms with E-state index >= 15 is 0 Å². The van der Waals surface area contributed by atoms with Crippen LogP contribution in [0.2, 0.25) is 0 Å². The molecule has 1 fully saturated rings. The molecule has 0 bridgehead atoms. The van der Waals surface area contributed by atoms with E-state index in [0.29, 0.717) is 12.1 Å². The van der Waals surface area contributed by atoms with Gasteiger partial charge in [0.1, 0.15) is 11.6 Å². The van der Waals surface area contributed by atoms with E-state index < -0.39 is 0 Å². The minimum Gasteiger partial charge on any atom is -0.361 e. The Morgan fingerprint density at radius 1 is 1.32 bits per heavy atom. The van der Waals surface area contributed by atoms with Crippen molar-refractivity contribution in [3.05, 3.63) is 40.9 Å². The van der Waals surface area contributed by atoms with Gasteiger partial charge in [-0.05, 0) is 38.8 Å². The third kappa shape index (κ3) is 4.54.